The van der Waals surface area contributed by atoms with Gasteiger partial charge in [-0.25, -0.2) is 0 Å². The van der Waals surface area contributed by atoms with E-state index in [4.69, 9.17) is 0 Å². The topological polar surface area (TPSA) is 120 Å². The maximum Gasteiger partial charge on any atom is 0.247 e. The summed E-state index contributed by atoms with van der Waals surface area (Å²) in [6.07, 6.45) is 7.91. The zero-order chi connectivity index (χ0) is 33.2. The van der Waals surface area contributed by atoms with Crippen LogP contribution in [-0.2, 0) is 39.2 Å². The number of hydrogen-bond donors (Lipinski definition) is 2. The van der Waals surface area contributed by atoms with Gasteiger partial charge in [0.05, 0.1) is 6.20 Å². The first-order valence-electron chi connectivity index (χ1n) is 16.8. The molecule has 4 amide bonds. The number of anilines is 2. The van der Waals surface area contributed by atoms with Crippen LogP contribution in [0.4, 0.5) is 11.5 Å². The van der Waals surface area contributed by atoms with Crippen molar-refractivity contribution in [3.63, 3.8) is 0 Å². The van der Waals surface area contributed by atoms with Crippen molar-refractivity contribution in [1.29, 1.82) is 0 Å². The molecule has 0 radical (unpaired) electrons. The van der Waals surface area contributed by atoms with Crippen molar-refractivity contribution >= 4 is 35.6 Å². The Labute approximate surface area is 277 Å². The van der Waals surface area contributed by atoms with E-state index in [0.717, 1.165) is 63.7 Å². The maximum absolute atomic E-state index is 13.8. The molecule has 1 aliphatic heterocycles. The van der Waals surface area contributed by atoms with E-state index >= 15 is 0 Å². The van der Waals surface area contributed by atoms with Crippen molar-refractivity contribution < 1.29 is 19.2 Å². The summed E-state index contributed by atoms with van der Waals surface area (Å²) in [6.45, 7) is 5.37. The number of nitrogens with one attached hydrogen (secondary N) is 2. The van der Waals surface area contributed by atoms with Gasteiger partial charge in [0.15, 0.2) is 0 Å². The number of nitrogens with zero attached hydrogens (tertiary/aromatic N) is 5. The molecule has 11 nitrogen and oxygen atoms in total. The quantitative estimate of drug-likeness (QED) is 0.275. The van der Waals surface area contributed by atoms with E-state index in [0.29, 0.717) is 37.4 Å². The first-order chi connectivity index (χ1) is 22.9. The predicted molar refractivity (Wildman–Crippen MR) is 181 cm³/mol. The third kappa shape index (κ3) is 8.85. The number of aryl methyl sites for hydroxylation is 1. The van der Waals surface area contributed by atoms with Gasteiger partial charge >= 0.3 is 0 Å². The summed E-state index contributed by atoms with van der Waals surface area (Å²) in [4.78, 5) is 57.9. The van der Waals surface area contributed by atoms with E-state index in [1.165, 1.54) is 10.5 Å². The van der Waals surface area contributed by atoms with Crippen LogP contribution >= 0.6 is 0 Å². The first-order valence-corrected chi connectivity index (χ1v) is 16.8. The van der Waals surface area contributed by atoms with E-state index in [-0.39, 0.29) is 23.6 Å². The molecule has 1 aromatic heterocycles. The Bertz CT molecular complexity index is 1480. The number of carbonyl (C=O) groups is 4. The molecule has 250 valence electrons. The molecule has 2 atom stereocenters. The smallest absolute Gasteiger partial charge is 0.247 e. The number of rotatable bonds is 13. The van der Waals surface area contributed by atoms with E-state index < -0.39 is 12.1 Å². The average molecular weight is 642 g/mol. The fourth-order valence-corrected chi connectivity index (χ4v) is 6.76. The van der Waals surface area contributed by atoms with Crippen LogP contribution < -0.4 is 15.5 Å². The van der Waals surface area contributed by atoms with Gasteiger partial charge in [-0.1, -0.05) is 68.7 Å². The lowest BCUT2D eigenvalue weighted by Gasteiger charge is -2.36. The van der Waals surface area contributed by atoms with Gasteiger partial charge in [-0.15, -0.1) is 0 Å². The highest BCUT2D eigenvalue weighted by atomic mass is 16.2. The molecule has 2 fully saturated rings. The highest BCUT2D eigenvalue weighted by Gasteiger charge is 2.36. The van der Waals surface area contributed by atoms with Crippen LogP contribution in [0.3, 0.4) is 0 Å². The lowest BCUT2D eigenvalue weighted by atomic mass is 9.82. The van der Waals surface area contributed by atoms with Crippen molar-refractivity contribution in [3.05, 3.63) is 78.0 Å². The molecular formula is C36H47N7O4. The van der Waals surface area contributed by atoms with Crippen LogP contribution in [0, 0.1) is 5.92 Å². The van der Waals surface area contributed by atoms with E-state index in [1.54, 1.807) is 30.9 Å². The van der Waals surface area contributed by atoms with Gasteiger partial charge in [0, 0.05) is 64.4 Å². The predicted octanol–water partition coefficient (Wildman–Crippen LogP) is 3.75. The number of piperazine rings is 1. The molecule has 1 saturated carbocycles. The minimum atomic E-state index is -0.681. The second-order valence-corrected chi connectivity index (χ2v) is 12.6. The number of carbonyl (C=O) groups excluding carboxylic acids is 4. The van der Waals surface area contributed by atoms with Crippen molar-refractivity contribution in [2.75, 3.05) is 36.4 Å². The highest BCUT2D eigenvalue weighted by molar-refractivity contribution is 6.00. The van der Waals surface area contributed by atoms with Crippen molar-refractivity contribution in [1.82, 2.24) is 24.9 Å². The van der Waals surface area contributed by atoms with Gasteiger partial charge in [0.25, 0.3) is 0 Å². The molecule has 0 spiro atoms. The number of aromatic nitrogens is 2. The Balaban J connectivity index is 1.23. The molecule has 2 aromatic carbocycles. The van der Waals surface area contributed by atoms with Gasteiger partial charge in [0.1, 0.15) is 17.9 Å². The summed E-state index contributed by atoms with van der Waals surface area (Å²) in [6, 6.07) is 18.1. The van der Waals surface area contributed by atoms with Crippen LogP contribution in [0.15, 0.2) is 66.9 Å². The molecule has 0 bridgehead atoms. The minimum absolute atomic E-state index is 0.0391. The Hall–Kier alpha value is -4.51. The molecule has 2 heterocycles. The monoisotopic (exact) mass is 641 g/mol. The Morgan fingerprint density at radius 3 is 2.26 bits per heavy atom. The number of hydrogen-bond acceptors (Lipinski definition) is 6. The van der Waals surface area contributed by atoms with E-state index in [2.05, 4.69) is 32.8 Å². The zero-order valence-corrected chi connectivity index (χ0v) is 27.5. The highest BCUT2D eigenvalue weighted by Crippen LogP contribution is 2.31. The number of benzene rings is 2. The standard InChI is InChI=1S/C36H47N7O4/c1-3-32(45)39-31(36(47)42-22-20-41(21-23-42)25-28-10-6-4-7-11-28)24-27-14-16-30(17-15-27)38-35(46)34(29-12-8-5-9-13-29)43(26-44)33-18-19-37-40(33)2/h4,6-7,10-11,14-19,26,29,31,34H,3,5,8-9,12-13,20-25H2,1-2H3,(H,38,46)(H,39,45)/t31-,34+/m1/s1. The summed E-state index contributed by atoms with van der Waals surface area (Å²) in [7, 11) is 1.76. The van der Waals surface area contributed by atoms with Crippen molar-refractivity contribution in [2.45, 2.75) is 70.5 Å². The third-order valence-electron chi connectivity index (χ3n) is 9.39. The Kier molecular flexibility index (Phi) is 11.8. The van der Waals surface area contributed by atoms with E-state index in [1.807, 2.05) is 47.4 Å². The van der Waals surface area contributed by atoms with E-state index in [9.17, 15) is 19.2 Å². The molecule has 5 rings (SSSR count). The van der Waals surface area contributed by atoms with Gasteiger partial charge in [-0.2, -0.15) is 5.10 Å². The van der Waals surface area contributed by atoms with Crippen molar-refractivity contribution in [2.24, 2.45) is 13.0 Å². The lowest BCUT2D eigenvalue weighted by molar-refractivity contribution is -0.138. The lowest BCUT2D eigenvalue weighted by Crippen LogP contribution is -2.55. The fourth-order valence-electron chi connectivity index (χ4n) is 6.76. The summed E-state index contributed by atoms with van der Waals surface area (Å²) in [5.74, 6) is 0.119. The fraction of sp³-hybridized carbons (Fsp3) is 0.472. The Morgan fingerprint density at radius 2 is 1.64 bits per heavy atom. The zero-order valence-electron chi connectivity index (χ0n) is 27.5. The van der Waals surface area contributed by atoms with Crippen molar-refractivity contribution in [3.8, 4) is 0 Å². The van der Waals surface area contributed by atoms with Gasteiger partial charge in [0.2, 0.25) is 24.1 Å². The molecule has 47 heavy (non-hydrogen) atoms. The maximum atomic E-state index is 13.8. The summed E-state index contributed by atoms with van der Waals surface area (Å²) < 4.78 is 1.60. The summed E-state index contributed by atoms with van der Waals surface area (Å²) in [5, 5.41) is 10.2. The normalized spacial score (nSPS) is 17.0. The van der Waals surface area contributed by atoms with Crippen LogP contribution in [-0.4, -0.2) is 82.0 Å². The largest absolute Gasteiger partial charge is 0.344 e. The van der Waals surface area contributed by atoms with Gasteiger partial charge < -0.3 is 15.5 Å². The summed E-state index contributed by atoms with van der Waals surface area (Å²) >= 11 is 0. The summed E-state index contributed by atoms with van der Waals surface area (Å²) in [5.41, 5.74) is 2.72. The second kappa shape index (κ2) is 16.4. The molecular weight excluding hydrogens is 594 g/mol. The second-order valence-electron chi connectivity index (χ2n) is 12.6. The minimum Gasteiger partial charge on any atom is -0.344 e. The van der Waals surface area contributed by atoms with Crippen LogP contribution in [0.5, 0.6) is 0 Å². The molecule has 11 heteroatoms. The first kappa shape index (κ1) is 33.8. The van der Waals surface area contributed by atoms with Crippen LogP contribution in [0.1, 0.15) is 56.6 Å². The number of amides is 4. The van der Waals surface area contributed by atoms with Crippen LogP contribution in [0.2, 0.25) is 0 Å². The molecule has 1 aliphatic carbocycles. The molecule has 3 aromatic rings. The average Bonchev–Trinajstić information content (AvgIpc) is 3.53. The van der Waals surface area contributed by atoms with Crippen LogP contribution in [0.25, 0.3) is 0 Å². The molecule has 2 N–H and O–H groups in total. The van der Waals surface area contributed by atoms with Gasteiger partial charge in [-0.3, -0.25) is 33.7 Å². The molecule has 2 aliphatic rings. The van der Waals surface area contributed by atoms with Gasteiger partial charge in [-0.05, 0) is 42.0 Å². The Morgan fingerprint density at radius 1 is 0.936 bits per heavy atom. The third-order valence-corrected chi connectivity index (χ3v) is 9.39. The molecule has 0 unspecified atom stereocenters. The SMILES string of the molecule is CCC(=O)N[C@H](Cc1ccc(NC(=O)[C@H](C2CCCCC2)N(C=O)c2ccnn2C)cc1)C(=O)N1CCN(Cc2ccccc2)CC1. The molecule has 1 saturated heterocycles.